The summed E-state index contributed by atoms with van der Waals surface area (Å²) in [4.78, 5) is 0. The van der Waals surface area contributed by atoms with Crippen molar-refractivity contribution in [2.24, 2.45) is 16.7 Å². The number of amidine groups is 1. The summed E-state index contributed by atoms with van der Waals surface area (Å²) in [6.45, 7) is 0. The van der Waals surface area contributed by atoms with Gasteiger partial charge in [0, 0.05) is 22.7 Å². The van der Waals surface area contributed by atoms with Crippen molar-refractivity contribution in [1.29, 1.82) is 0 Å². The van der Waals surface area contributed by atoms with Crippen LogP contribution in [-0.4, -0.2) is 18.0 Å². The van der Waals surface area contributed by atoms with Gasteiger partial charge in [-0.25, -0.2) is 11.0 Å². The third-order valence-corrected chi connectivity index (χ3v) is 1.86. The van der Waals surface area contributed by atoms with E-state index in [9.17, 15) is 0 Å². The second kappa shape index (κ2) is 4.50. The van der Waals surface area contributed by atoms with Crippen LogP contribution < -0.4 is 11.6 Å². The molecule has 0 aliphatic rings. The first kappa shape index (κ1) is 11.1. The van der Waals surface area contributed by atoms with Crippen LogP contribution in [0.3, 0.4) is 0 Å². The van der Waals surface area contributed by atoms with Crippen LogP contribution in [0.4, 0.5) is 0 Å². The largest absolute Gasteiger partial charge is 0.382 e. The molecule has 0 aliphatic carbocycles. The van der Waals surface area contributed by atoms with Gasteiger partial charge in [0.25, 0.3) is 0 Å². The van der Waals surface area contributed by atoms with Gasteiger partial charge >= 0.3 is 0 Å². The molecular weight excluding hydrogens is 223 g/mol. The van der Waals surface area contributed by atoms with E-state index in [2.05, 4.69) is 5.10 Å². The monoisotopic (exact) mass is 232 g/mol. The second-order valence-electron chi connectivity index (χ2n) is 2.72. The molecule has 0 saturated carbocycles. The fraction of sp³-hybridized carbons (Fsp3) is 0.125. The normalized spacial score (nSPS) is 11.6. The zero-order chi connectivity index (χ0) is 10.7. The fourth-order valence-electron chi connectivity index (χ4n) is 0.929. The minimum absolute atomic E-state index is 0.263. The Hall–Kier alpha value is -0.970. The number of hydrogen-bond acceptors (Lipinski definition) is 3. The number of hydrazine groups is 1. The highest BCUT2D eigenvalue weighted by Gasteiger charge is 2.02. The van der Waals surface area contributed by atoms with Crippen molar-refractivity contribution in [3.63, 3.8) is 0 Å². The number of benzene rings is 1. The summed E-state index contributed by atoms with van der Waals surface area (Å²) in [5.41, 5.74) is 6.28. The molecule has 0 radical (unpaired) electrons. The number of halogens is 2. The summed E-state index contributed by atoms with van der Waals surface area (Å²) < 4.78 is 0. The van der Waals surface area contributed by atoms with Crippen LogP contribution in [0, 0.1) is 0 Å². The number of rotatable bonds is 2. The van der Waals surface area contributed by atoms with Gasteiger partial charge in [-0.3, -0.25) is 0 Å². The maximum atomic E-state index is 5.79. The molecule has 0 atom stereocenters. The Morgan fingerprint density at radius 1 is 1.29 bits per heavy atom. The van der Waals surface area contributed by atoms with E-state index >= 15 is 0 Å². The second-order valence-corrected chi connectivity index (χ2v) is 3.59. The smallest absolute Gasteiger partial charge is 0.152 e. The average molecular weight is 233 g/mol. The number of nitrogens with two attached hydrogens (primary N) is 2. The van der Waals surface area contributed by atoms with Crippen LogP contribution in [-0.2, 0) is 0 Å². The molecule has 0 fully saturated rings. The van der Waals surface area contributed by atoms with Crippen LogP contribution in [0.15, 0.2) is 23.3 Å². The molecule has 0 heterocycles. The van der Waals surface area contributed by atoms with E-state index in [1.54, 1.807) is 25.2 Å². The molecule has 4 N–H and O–H groups in total. The summed E-state index contributed by atoms with van der Waals surface area (Å²) in [5, 5.41) is 5.94. The van der Waals surface area contributed by atoms with Crippen LogP contribution in [0.1, 0.15) is 5.56 Å². The zero-order valence-corrected chi connectivity index (χ0v) is 9.05. The Morgan fingerprint density at radius 2 is 1.79 bits per heavy atom. The Morgan fingerprint density at radius 3 is 2.21 bits per heavy atom. The predicted molar refractivity (Wildman–Crippen MR) is 59.1 cm³/mol. The highest BCUT2D eigenvalue weighted by molar-refractivity contribution is 6.35. The van der Waals surface area contributed by atoms with E-state index in [0.717, 1.165) is 5.12 Å². The third-order valence-electron chi connectivity index (χ3n) is 1.42. The van der Waals surface area contributed by atoms with E-state index < -0.39 is 0 Å². The number of nitrogens with zero attached hydrogens (tertiary/aromatic N) is 2. The van der Waals surface area contributed by atoms with Crippen molar-refractivity contribution in [1.82, 2.24) is 5.12 Å². The van der Waals surface area contributed by atoms with E-state index in [-0.39, 0.29) is 5.84 Å². The van der Waals surface area contributed by atoms with Gasteiger partial charge in [-0.15, -0.1) is 5.10 Å². The lowest BCUT2D eigenvalue weighted by atomic mass is 10.2. The average Bonchev–Trinajstić information content (AvgIpc) is 2.00. The maximum Gasteiger partial charge on any atom is 0.152 e. The van der Waals surface area contributed by atoms with Crippen molar-refractivity contribution in [2.45, 2.75) is 0 Å². The Bertz CT molecular complexity index is 342. The molecular formula is C8H10Cl2N4. The van der Waals surface area contributed by atoms with Crippen LogP contribution in [0.2, 0.25) is 10.0 Å². The quantitative estimate of drug-likeness (QED) is 0.351. The van der Waals surface area contributed by atoms with Crippen LogP contribution >= 0.6 is 23.2 Å². The van der Waals surface area contributed by atoms with Crippen LogP contribution in [0.25, 0.3) is 0 Å². The van der Waals surface area contributed by atoms with Gasteiger partial charge in [-0.1, -0.05) is 23.2 Å². The van der Waals surface area contributed by atoms with E-state index in [1.165, 1.54) is 0 Å². The van der Waals surface area contributed by atoms with Gasteiger partial charge in [-0.2, -0.15) is 0 Å². The summed E-state index contributed by atoms with van der Waals surface area (Å²) >= 11 is 11.6. The van der Waals surface area contributed by atoms with Gasteiger partial charge in [0.2, 0.25) is 0 Å². The summed E-state index contributed by atoms with van der Waals surface area (Å²) in [6.07, 6.45) is 0. The lowest BCUT2D eigenvalue weighted by molar-refractivity contribution is 0.371. The molecule has 14 heavy (non-hydrogen) atoms. The molecule has 0 aliphatic heterocycles. The topological polar surface area (TPSA) is 67.6 Å². The molecule has 1 rings (SSSR count). The van der Waals surface area contributed by atoms with E-state index in [0.29, 0.717) is 15.6 Å². The number of hydrogen-bond donors (Lipinski definition) is 2. The Balaban J connectivity index is 3.07. The van der Waals surface area contributed by atoms with Gasteiger partial charge in [0.15, 0.2) is 5.84 Å². The SMILES string of the molecule is CN(N)/N=C(\N)c1cc(Cl)cc(Cl)c1. The minimum Gasteiger partial charge on any atom is -0.382 e. The van der Waals surface area contributed by atoms with Gasteiger partial charge < -0.3 is 5.73 Å². The molecule has 0 saturated heterocycles. The standard InChI is InChI=1S/C8H10Cl2N4/c1-14(12)13-8(11)5-2-6(9)4-7(10)3-5/h2-4H,12H2,1H3,(H2,11,13). The molecule has 1 aromatic carbocycles. The maximum absolute atomic E-state index is 5.79. The molecule has 0 amide bonds. The molecule has 6 heteroatoms. The molecule has 4 nitrogen and oxygen atoms in total. The molecule has 0 aromatic heterocycles. The first-order valence-corrected chi connectivity index (χ1v) is 4.53. The van der Waals surface area contributed by atoms with Gasteiger partial charge in [-0.05, 0) is 18.2 Å². The van der Waals surface area contributed by atoms with Gasteiger partial charge in [0.05, 0.1) is 0 Å². The Labute approximate surface area is 92.0 Å². The lowest BCUT2D eigenvalue weighted by Gasteiger charge is -2.07. The highest BCUT2D eigenvalue weighted by atomic mass is 35.5. The van der Waals surface area contributed by atoms with Crippen molar-refractivity contribution < 1.29 is 0 Å². The molecule has 1 aromatic rings. The molecule has 76 valence electrons. The molecule has 0 bridgehead atoms. The highest BCUT2D eigenvalue weighted by Crippen LogP contribution is 2.18. The summed E-state index contributed by atoms with van der Waals surface area (Å²) in [7, 11) is 1.57. The van der Waals surface area contributed by atoms with Gasteiger partial charge in [0.1, 0.15) is 0 Å². The fourth-order valence-corrected chi connectivity index (χ4v) is 1.46. The predicted octanol–water partition coefficient (Wildman–Crippen LogP) is 1.42. The van der Waals surface area contributed by atoms with E-state index in [1.807, 2.05) is 0 Å². The lowest BCUT2D eigenvalue weighted by Crippen LogP contribution is -2.25. The van der Waals surface area contributed by atoms with Crippen LogP contribution in [0.5, 0.6) is 0 Å². The number of hydrazone groups is 1. The first-order chi connectivity index (χ1) is 6.49. The summed E-state index contributed by atoms with van der Waals surface area (Å²) in [5.74, 6) is 5.57. The van der Waals surface area contributed by atoms with E-state index in [4.69, 9.17) is 34.8 Å². The van der Waals surface area contributed by atoms with Crippen molar-refractivity contribution >= 4 is 29.0 Å². The first-order valence-electron chi connectivity index (χ1n) is 3.78. The molecule has 0 spiro atoms. The van der Waals surface area contributed by atoms with Crippen molar-refractivity contribution in [2.75, 3.05) is 7.05 Å². The third kappa shape index (κ3) is 3.06. The minimum atomic E-state index is 0.263. The molecule has 0 unspecified atom stereocenters. The Kier molecular flexibility index (Phi) is 3.57. The van der Waals surface area contributed by atoms with Crippen molar-refractivity contribution in [3.05, 3.63) is 33.8 Å². The zero-order valence-electron chi connectivity index (χ0n) is 7.54. The summed E-state index contributed by atoms with van der Waals surface area (Å²) in [6, 6.07) is 4.94. The van der Waals surface area contributed by atoms with Crippen molar-refractivity contribution in [3.8, 4) is 0 Å².